The summed E-state index contributed by atoms with van der Waals surface area (Å²) in [7, 11) is -0.599. The normalized spacial score (nSPS) is 13.3. The molecule has 1 amide bonds. The van der Waals surface area contributed by atoms with Crippen LogP contribution < -0.4 is 5.32 Å². The van der Waals surface area contributed by atoms with E-state index in [1.54, 1.807) is 19.9 Å². The molecule has 0 aliphatic heterocycles. The van der Waals surface area contributed by atoms with Crippen molar-refractivity contribution in [3.8, 4) is 0 Å². The number of alkyl halides is 1. The van der Waals surface area contributed by atoms with Gasteiger partial charge in [0.2, 0.25) is 15.9 Å². The van der Waals surface area contributed by atoms with Crippen molar-refractivity contribution in [2.75, 3.05) is 25.3 Å². The van der Waals surface area contributed by atoms with Crippen LogP contribution in [0, 0.1) is 12.8 Å². The molecule has 0 radical (unpaired) electrons. The fourth-order valence-electron chi connectivity index (χ4n) is 1.43. The maximum atomic E-state index is 12.1. The van der Waals surface area contributed by atoms with Gasteiger partial charge in [0.05, 0.1) is 4.90 Å². The van der Waals surface area contributed by atoms with Crippen molar-refractivity contribution in [1.29, 1.82) is 0 Å². The molecular weight excluding hydrogens is 300 g/mol. The molecule has 0 saturated carbocycles. The first-order valence-electron chi connectivity index (χ1n) is 6.10. The number of nitrogens with one attached hydrogen (secondary N) is 1. The van der Waals surface area contributed by atoms with E-state index in [0.717, 1.165) is 9.87 Å². The van der Waals surface area contributed by atoms with Crippen LogP contribution in [0.25, 0.3) is 0 Å². The summed E-state index contributed by atoms with van der Waals surface area (Å²) in [5.74, 6) is -0.367. The molecule has 1 atom stereocenters. The van der Waals surface area contributed by atoms with Crippen LogP contribution in [0.1, 0.15) is 12.5 Å². The van der Waals surface area contributed by atoms with Crippen LogP contribution in [0.2, 0.25) is 0 Å². The van der Waals surface area contributed by atoms with Gasteiger partial charge in [0.25, 0.3) is 0 Å². The molecule has 1 N–H and O–H groups in total. The largest absolute Gasteiger partial charge is 0.326 e. The number of hydrogen-bond donors (Lipinski definition) is 1. The highest BCUT2D eigenvalue weighted by molar-refractivity contribution is 7.89. The molecule has 7 heteroatoms. The summed E-state index contributed by atoms with van der Waals surface area (Å²) in [6, 6.07) is 4.65. The molecule has 112 valence electrons. The summed E-state index contributed by atoms with van der Waals surface area (Å²) >= 11 is 5.63. The van der Waals surface area contributed by atoms with Crippen molar-refractivity contribution < 1.29 is 13.2 Å². The van der Waals surface area contributed by atoms with Crippen LogP contribution in [0.4, 0.5) is 5.69 Å². The standard InChI is InChI=1S/C13H19ClN2O3S/c1-9-5-6-11(20(18,19)16(3)4)7-12(9)15-13(17)10(2)8-14/h5-7,10H,8H2,1-4H3,(H,15,17). The summed E-state index contributed by atoms with van der Waals surface area (Å²) in [5.41, 5.74) is 1.27. The lowest BCUT2D eigenvalue weighted by Gasteiger charge is -2.15. The predicted molar refractivity (Wildman–Crippen MR) is 80.6 cm³/mol. The number of rotatable bonds is 5. The smallest absolute Gasteiger partial charge is 0.242 e. The van der Waals surface area contributed by atoms with E-state index in [0.29, 0.717) is 5.69 Å². The van der Waals surface area contributed by atoms with Crippen molar-refractivity contribution in [3.05, 3.63) is 23.8 Å². The molecule has 0 aliphatic carbocycles. The number of carbonyl (C=O) groups excluding carboxylic acids is 1. The lowest BCUT2D eigenvalue weighted by Crippen LogP contribution is -2.24. The van der Waals surface area contributed by atoms with Crippen molar-refractivity contribution >= 4 is 33.2 Å². The average molecular weight is 319 g/mol. The third-order valence-electron chi connectivity index (χ3n) is 2.92. The first-order chi connectivity index (χ1) is 9.20. The van der Waals surface area contributed by atoms with Crippen LogP contribution in [0.3, 0.4) is 0 Å². The molecule has 20 heavy (non-hydrogen) atoms. The summed E-state index contributed by atoms with van der Waals surface area (Å²) in [4.78, 5) is 12.0. The number of halogens is 1. The first-order valence-corrected chi connectivity index (χ1v) is 8.07. The predicted octanol–water partition coefficient (Wildman–Crippen LogP) is 2.06. The van der Waals surface area contributed by atoms with Gasteiger partial charge >= 0.3 is 0 Å². The second kappa shape index (κ2) is 6.56. The maximum Gasteiger partial charge on any atom is 0.242 e. The zero-order valence-electron chi connectivity index (χ0n) is 12.0. The molecule has 0 heterocycles. The van der Waals surface area contributed by atoms with Gasteiger partial charge in [-0.2, -0.15) is 0 Å². The van der Waals surface area contributed by atoms with E-state index in [9.17, 15) is 13.2 Å². The van der Waals surface area contributed by atoms with Crippen molar-refractivity contribution in [2.24, 2.45) is 5.92 Å². The lowest BCUT2D eigenvalue weighted by molar-refractivity contribution is -0.118. The van der Waals surface area contributed by atoms with Gasteiger partial charge in [-0.15, -0.1) is 11.6 Å². The quantitative estimate of drug-likeness (QED) is 0.845. The van der Waals surface area contributed by atoms with E-state index >= 15 is 0 Å². The molecule has 5 nitrogen and oxygen atoms in total. The molecule has 0 saturated heterocycles. The van der Waals surface area contributed by atoms with Crippen molar-refractivity contribution in [3.63, 3.8) is 0 Å². The number of aryl methyl sites for hydroxylation is 1. The Hall–Kier alpha value is -1.11. The van der Waals surface area contributed by atoms with E-state index in [2.05, 4.69) is 5.32 Å². The van der Waals surface area contributed by atoms with Crippen LogP contribution in [-0.2, 0) is 14.8 Å². The third kappa shape index (κ3) is 3.71. The fourth-order valence-corrected chi connectivity index (χ4v) is 2.50. The van der Waals surface area contributed by atoms with Crippen molar-refractivity contribution in [1.82, 2.24) is 4.31 Å². The van der Waals surface area contributed by atoms with Gasteiger partial charge < -0.3 is 5.32 Å². The third-order valence-corrected chi connectivity index (χ3v) is 5.20. The topological polar surface area (TPSA) is 66.5 Å². The van der Waals surface area contributed by atoms with E-state index < -0.39 is 10.0 Å². The zero-order valence-corrected chi connectivity index (χ0v) is 13.5. The summed E-state index contributed by atoms with van der Waals surface area (Å²) in [6.07, 6.45) is 0. The Kier molecular flexibility index (Phi) is 5.56. The second-order valence-electron chi connectivity index (χ2n) is 4.81. The van der Waals surface area contributed by atoms with Crippen LogP contribution in [-0.4, -0.2) is 38.6 Å². The van der Waals surface area contributed by atoms with E-state index in [1.165, 1.54) is 26.2 Å². The molecule has 1 aromatic rings. The Bertz CT molecular complexity index is 600. The minimum absolute atomic E-state index is 0.141. The van der Waals surface area contributed by atoms with Gasteiger partial charge in [-0.3, -0.25) is 4.79 Å². The molecule has 0 spiro atoms. The lowest BCUT2D eigenvalue weighted by atomic mass is 10.1. The molecule has 0 fully saturated rings. The Labute approximate surface area is 125 Å². The minimum Gasteiger partial charge on any atom is -0.326 e. The molecular formula is C13H19ClN2O3S. The van der Waals surface area contributed by atoms with E-state index in [4.69, 9.17) is 11.6 Å². The Morgan fingerprint density at radius 1 is 1.40 bits per heavy atom. The number of sulfonamides is 1. The molecule has 0 aromatic heterocycles. The van der Waals surface area contributed by atoms with Gasteiger partial charge in [0.1, 0.15) is 0 Å². The maximum absolute atomic E-state index is 12.1. The van der Waals surface area contributed by atoms with Crippen LogP contribution >= 0.6 is 11.6 Å². The van der Waals surface area contributed by atoms with Gasteiger partial charge in [0.15, 0.2) is 0 Å². The highest BCUT2D eigenvalue weighted by Crippen LogP contribution is 2.22. The summed E-state index contributed by atoms with van der Waals surface area (Å²) < 4.78 is 25.3. The summed E-state index contributed by atoms with van der Waals surface area (Å²) in [6.45, 7) is 3.51. The number of hydrogen-bond acceptors (Lipinski definition) is 3. The minimum atomic E-state index is -3.52. The highest BCUT2D eigenvalue weighted by atomic mass is 35.5. The van der Waals surface area contributed by atoms with Gasteiger partial charge in [-0.1, -0.05) is 13.0 Å². The molecule has 0 bridgehead atoms. The monoisotopic (exact) mass is 318 g/mol. The van der Waals surface area contributed by atoms with Crippen LogP contribution in [0.15, 0.2) is 23.1 Å². The zero-order chi connectivity index (χ0) is 15.5. The molecule has 0 aliphatic rings. The number of carbonyl (C=O) groups is 1. The van der Waals surface area contributed by atoms with Gasteiger partial charge in [0, 0.05) is 31.6 Å². The van der Waals surface area contributed by atoms with E-state index in [1.807, 2.05) is 0 Å². The molecule has 1 unspecified atom stereocenters. The molecule has 1 rings (SSSR count). The number of amides is 1. The number of anilines is 1. The Balaban J connectivity index is 3.14. The molecule has 1 aromatic carbocycles. The Morgan fingerprint density at radius 3 is 2.50 bits per heavy atom. The van der Waals surface area contributed by atoms with Crippen LogP contribution in [0.5, 0.6) is 0 Å². The second-order valence-corrected chi connectivity index (χ2v) is 7.27. The van der Waals surface area contributed by atoms with E-state index in [-0.39, 0.29) is 22.6 Å². The van der Waals surface area contributed by atoms with Crippen molar-refractivity contribution in [2.45, 2.75) is 18.7 Å². The first kappa shape index (κ1) is 16.9. The Morgan fingerprint density at radius 2 is 2.00 bits per heavy atom. The fraction of sp³-hybridized carbons (Fsp3) is 0.462. The average Bonchev–Trinajstić information content (AvgIpc) is 2.39. The van der Waals surface area contributed by atoms with Gasteiger partial charge in [-0.25, -0.2) is 12.7 Å². The number of nitrogens with zero attached hydrogens (tertiary/aromatic N) is 1. The summed E-state index contributed by atoms with van der Waals surface area (Å²) in [5, 5.41) is 2.71. The van der Waals surface area contributed by atoms with Gasteiger partial charge in [-0.05, 0) is 24.6 Å². The SMILES string of the molecule is Cc1ccc(S(=O)(=O)N(C)C)cc1NC(=O)C(C)CCl. The number of benzene rings is 1. The highest BCUT2D eigenvalue weighted by Gasteiger charge is 2.19.